The summed E-state index contributed by atoms with van der Waals surface area (Å²) >= 11 is 1.17. The third kappa shape index (κ3) is 4.77. The molecule has 1 aromatic heterocycles. The molecule has 0 aliphatic rings. The number of nitrogens with zero attached hydrogens (tertiary/aromatic N) is 3. The van der Waals surface area contributed by atoms with Crippen molar-refractivity contribution in [1.82, 2.24) is 14.9 Å². The Morgan fingerprint density at radius 3 is 2.68 bits per heavy atom. The van der Waals surface area contributed by atoms with Gasteiger partial charge in [-0.1, -0.05) is 54.2 Å². The molecule has 1 atom stereocenters. The van der Waals surface area contributed by atoms with Crippen molar-refractivity contribution >= 4 is 34.1 Å². The number of aromatic nitrogens is 3. The highest BCUT2D eigenvalue weighted by atomic mass is 32.2. The second-order valence-electron chi connectivity index (χ2n) is 6.80. The molecule has 158 valence electrons. The van der Waals surface area contributed by atoms with Gasteiger partial charge in [-0.05, 0) is 42.0 Å². The lowest BCUT2D eigenvalue weighted by atomic mass is 10.1. The van der Waals surface area contributed by atoms with Crippen molar-refractivity contribution in [3.63, 3.8) is 0 Å². The maximum absolute atomic E-state index is 13.7. The molecule has 4 aromatic rings. The van der Waals surface area contributed by atoms with Crippen molar-refractivity contribution in [3.05, 3.63) is 78.4 Å². The van der Waals surface area contributed by atoms with Crippen LogP contribution in [0.3, 0.4) is 0 Å². The molecule has 0 aliphatic heterocycles. The van der Waals surface area contributed by atoms with Gasteiger partial charge in [-0.2, -0.15) is 0 Å². The van der Waals surface area contributed by atoms with Crippen molar-refractivity contribution in [1.29, 1.82) is 0 Å². The third-order valence-corrected chi connectivity index (χ3v) is 5.65. The number of amides is 1. The standard InChI is InChI=1S/C22H20FN5O2S/c1-14(21(29)25-17-11-10-15-6-2-3-7-16(15)12-17)31-22-27-26-20(28(22)24)13-30-19-9-5-4-8-18(19)23/h2-12,14H,13,24H2,1H3,(H,25,29)/t14-/m0/s1. The fourth-order valence-electron chi connectivity index (χ4n) is 2.91. The second kappa shape index (κ2) is 9.05. The Kier molecular flexibility index (Phi) is 6.03. The highest BCUT2D eigenvalue weighted by Crippen LogP contribution is 2.24. The normalized spacial score (nSPS) is 11.9. The zero-order valence-corrected chi connectivity index (χ0v) is 17.5. The number of fused-ring (bicyclic) bond motifs is 1. The predicted molar refractivity (Wildman–Crippen MR) is 119 cm³/mol. The molecule has 3 aromatic carbocycles. The van der Waals surface area contributed by atoms with E-state index in [1.165, 1.54) is 28.6 Å². The zero-order valence-electron chi connectivity index (χ0n) is 16.7. The van der Waals surface area contributed by atoms with Crippen LogP contribution in [0.2, 0.25) is 0 Å². The number of rotatable bonds is 7. The molecular formula is C22H20FN5O2S. The van der Waals surface area contributed by atoms with Crippen molar-refractivity contribution in [2.45, 2.75) is 23.9 Å². The molecule has 4 rings (SSSR count). The highest BCUT2D eigenvalue weighted by molar-refractivity contribution is 8.00. The van der Waals surface area contributed by atoms with Crippen LogP contribution in [0.4, 0.5) is 10.1 Å². The van der Waals surface area contributed by atoms with E-state index in [1.807, 2.05) is 42.5 Å². The van der Waals surface area contributed by atoms with Gasteiger partial charge in [-0.3, -0.25) is 4.79 Å². The number of hydrogen-bond acceptors (Lipinski definition) is 6. The van der Waals surface area contributed by atoms with E-state index in [2.05, 4.69) is 15.5 Å². The van der Waals surface area contributed by atoms with Crippen LogP contribution in [-0.2, 0) is 11.4 Å². The number of thioether (sulfide) groups is 1. The summed E-state index contributed by atoms with van der Waals surface area (Å²) in [5.74, 6) is 5.79. The Hall–Kier alpha value is -3.59. The Balaban J connectivity index is 1.38. The third-order valence-electron chi connectivity index (χ3n) is 4.60. The maximum atomic E-state index is 13.7. The lowest BCUT2D eigenvalue weighted by Crippen LogP contribution is -2.24. The van der Waals surface area contributed by atoms with Crippen LogP contribution in [0.1, 0.15) is 12.7 Å². The molecule has 0 spiro atoms. The molecule has 0 unspecified atom stereocenters. The van der Waals surface area contributed by atoms with E-state index in [0.717, 1.165) is 10.8 Å². The minimum absolute atomic E-state index is 0.0529. The van der Waals surface area contributed by atoms with Crippen LogP contribution in [0.15, 0.2) is 71.9 Å². The Morgan fingerprint density at radius 1 is 1.13 bits per heavy atom. The van der Waals surface area contributed by atoms with Crippen molar-refractivity contribution in [3.8, 4) is 5.75 Å². The molecular weight excluding hydrogens is 417 g/mol. The van der Waals surface area contributed by atoms with Crippen molar-refractivity contribution < 1.29 is 13.9 Å². The average molecular weight is 438 g/mol. The minimum Gasteiger partial charge on any atom is -0.482 e. The molecule has 0 saturated carbocycles. The Labute approximate surface area is 182 Å². The van der Waals surface area contributed by atoms with Crippen LogP contribution in [-0.4, -0.2) is 26.0 Å². The summed E-state index contributed by atoms with van der Waals surface area (Å²) in [4.78, 5) is 12.6. The maximum Gasteiger partial charge on any atom is 0.237 e. The van der Waals surface area contributed by atoms with Crippen molar-refractivity contribution in [2.75, 3.05) is 11.2 Å². The van der Waals surface area contributed by atoms with Gasteiger partial charge in [0.15, 0.2) is 17.4 Å². The molecule has 9 heteroatoms. The highest BCUT2D eigenvalue weighted by Gasteiger charge is 2.20. The largest absolute Gasteiger partial charge is 0.482 e. The van der Waals surface area contributed by atoms with Gasteiger partial charge >= 0.3 is 0 Å². The summed E-state index contributed by atoms with van der Waals surface area (Å²) in [7, 11) is 0. The molecule has 1 amide bonds. The summed E-state index contributed by atoms with van der Waals surface area (Å²) in [5, 5.41) is 12.9. The number of para-hydroxylation sites is 1. The molecule has 0 aliphatic carbocycles. The quantitative estimate of drug-likeness (QED) is 0.335. The van der Waals surface area contributed by atoms with Gasteiger partial charge in [-0.15, -0.1) is 10.2 Å². The first-order chi connectivity index (χ1) is 15.0. The minimum atomic E-state index is -0.474. The molecule has 3 N–H and O–H groups in total. The molecule has 31 heavy (non-hydrogen) atoms. The van der Waals surface area contributed by atoms with Gasteiger partial charge in [0.1, 0.15) is 6.61 Å². The molecule has 0 saturated heterocycles. The number of nitrogen functional groups attached to an aromatic ring is 1. The van der Waals surface area contributed by atoms with Crippen LogP contribution in [0.25, 0.3) is 10.8 Å². The predicted octanol–water partition coefficient (Wildman–Crippen LogP) is 3.98. The van der Waals surface area contributed by atoms with Gasteiger partial charge in [0, 0.05) is 5.69 Å². The lowest BCUT2D eigenvalue weighted by Gasteiger charge is -2.12. The summed E-state index contributed by atoms with van der Waals surface area (Å²) in [6.07, 6.45) is 0. The molecule has 0 radical (unpaired) electrons. The number of anilines is 1. The summed E-state index contributed by atoms with van der Waals surface area (Å²) < 4.78 is 20.3. The smallest absolute Gasteiger partial charge is 0.237 e. The lowest BCUT2D eigenvalue weighted by molar-refractivity contribution is -0.115. The van der Waals surface area contributed by atoms with E-state index < -0.39 is 11.1 Å². The number of benzene rings is 3. The van der Waals surface area contributed by atoms with Crippen LogP contribution >= 0.6 is 11.8 Å². The number of hydrogen-bond donors (Lipinski definition) is 2. The van der Waals surface area contributed by atoms with Crippen LogP contribution in [0, 0.1) is 5.82 Å². The monoisotopic (exact) mass is 437 g/mol. The van der Waals surface area contributed by atoms with Crippen molar-refractivity contribution in [2.24, 2.45) is 0 Å². The zero-order chi connectivity index (χ0) is 21.8. The second-order valence-corrected chi connectivity index (χ2v) is 8.11. The first-order valence-corrected chi connectivity index (χ1v) is 10.4. The fraction of sp³-hybridized carbons (Fsp3) is 0.136. The number of nitrogens with two attached hydrogens (primary N) is 1. The van der Waals surface area contributed by atoms with Crippen LogP contribution in [0.5, 0.6) is 5.75 Å². The molecule has 0 fully saturated rings. The van der Waals surface area contributed by atoms with Gasteiger partial charge in [0.25, 0.3) is 0 Å². The molecule has 1 heterocycles. The van der Waals surface area contributed by atoms with Gasteiger partial charge in [0.2, 0.25) is 11.1 Å². The van der Waals surface area contributed by atoms with Gasteiger partial charge in [0.05, 0.1) is 5.25 Å². The number of halogens is 1. The number of ether oxygens (including phenoxy) is 1. The van der Waals surface area contributed by atoms with E-state index in [-0.39, 0.29) is 18.3 Å². The first-order valence-electron chi connectivity index (χ1n) is 9.54. The molecule has 7 nitrogen and oxygen atoms in total. The first kappa shape index (κ1) is 20.7. The summed E-state index contributed by atoms with van der Waals surface area (Å²) in [5.41, 5.74) is 0.712. The van der Waals surface area contributed by atoms with E-state index in [0.29, 0.717) is 16.7 Å². The van der Waals surface area contributed by atoms with Gasteiger partial charge < -0.3 is 15.9 Å². The number of carbonyl (C=O) groups is 1. The summed E-state index contributed by atoms with van der Waals surface area (Å²) in [6.45, 7) is 1.70. The fourth-order valence-corrected chi connectivity index (χ4v) is 3.70. The van der Waals surface area contributed by atoms with Crippen LogP contribution < -0.4 is 15.9 Å². The number of carbonyl (C=O) groups excluding carboxylic acids is 1. The Morgan fingerprint density at radius 2 is 1.87 bits per heavy atom. The average Bonchev–Trinajstić information content (AvgIpc) is 3.12. The van der Waals surface area contributed by atoms with Gasteiger partial charge in [-0.25, -0.2) is 9.07 Å². The Bertz CT molecular complexity index is 1230. The molecule has 0 bridgehead atoms. The SMILES string of the molecule is C[C@H](Sc1nnc(COc2ccccc2F)n1N)C(=O)Nc1ccc2ccccc2c1. The van der Waals surface area contributed by atoms with E-state index in [4.69, 9.17) is 10.6 Å². The van der Waals surface area contributed by atoms with E-state index in [1.54, 1.807) is 19.1 Å². The number of nitrogens with one attached hydrogen (secondary N) is 1. The summed E-state index contributed by atoms with van der Waals surface area (Å²) in [6, 6.07) is 19.7. The topological polar surface area (TPSA) is 95.1 Å². The van der Waals surface area contributed by atoms with E-state index >= 15 is 0 Å². The van der Waals surface area contributed by atoms with E-state index in [9.17, 15) is 9.18 Å².